The lowest BCUT2D eigenvalue weighted by molar-refractivity contribution is 0.416. The zero-order valence-corrected chi connectivity index (χ0v) is 31.0. The number of fused-ring (bicyclic) bond motifs is 7. The second kappa shape index (κ2) is 13.3. The first-order chi connectivity index (χ1) is 28.2. The van der Waals surface area contributed by atoms with Gasteiger partial charge in [-0.05, 0) is 91.5 Å². The molecule has 0 aliphatic carbocycles. The van der Waals surface area contributed by atoms with Crippen LogP contribution in [0.25, 0.3) is 111 Å². The first-order valence-corrected chi connectivity index (χ1v) is 19.0. The van der Waals surface area contributed by atoms with E-state index in [2.05, 4.69) is 140 Å². The lowest BCUT2D eigenvalue weighted by Crippen LogP contribution is -2.02. The number of rotatable bonds is 6. The summed E-state index contributed by atoms with van der Waals surface area (Å²) in [4.78, 5) is 15.5. The van der Waals surface area contributed by atoms with E-state index in [1.54, 1.807) is 7.11 Å². The number of methoxy groups -OCH3 is 1. The normalized spacial score (nSPS) is 11.6. The molecule has 0 saturated heterocycles. The van der Waals surface area contributed by atoms with Gasteiger partial charge in [-0.15, -0.1) is 0 Å². The minimum atomic E-state index is 0.554. The smallest absolute Gasteiger partial charge is 0.164 e. The summed E-state index contributed by atoms with van der Waals surface area (Å²) in [6.07, 6.45) is 0. The van der Waals surface area contributed by atoms with Crippen LogP contribution in [0.4, 0.5) is 0 Å². The van der Waals surface area contributed by atoms with Crippen LogP contribution in [0.5, 0.6) is 5.75 Å². The third kappa shape index (κ3) is 5.59. The Labute approximate surface area is 328 Å². The lowest BCUT2D eigenvalue weighted by atomic mass is 9.91. The fourth-order valence-electron chi connectivity index (χ4n) is 8.24. The molecular weight excluding hydrogens is 699 g/mol. The zero-order chi connectivity index (χ0) is 37.9. The van der Waals surface area contributed by atoms with Gasteiger partial charge in [0, 0.05) is 33.0 Å². The van der Waals surface area contributed by atoms with Gasteiger partial charge in [-0.3, -0.25) is 0 Å². The first kappa shape index (κ1) is 32.8. The van der Waals surface area contributed by atoms with E-state index >= 15 is 0 Å². The van der Waals surface area contributed by atoms with Gasteiger partial charge in [0.15, 0.2) is 17.5 Å². The van der Waals surface area contributed by atoms with Crippen molar-refractivity contribution in [2.75, 3.05) is 7.11 Å². The number of hydrogen-bond acceptors (Lipinski definition) is 5. The van der Waals surface area contributed by atoms with Crippen LogP contribution in [-0.2, 0) is 0 Å². The van der Waals surface area contributed by atoms with Crippen molar-refractivity contribution in [1.29, 1.82) is 0 Å². The van der Waals surface area contributed by atoms with Crippen molar-refractivity contribution in [3.8, 4) is 62.2 Å². The molecule has 2 heterocycles. The predicted molar refractivity (Wildman–Crippen MR) is 233 cm³/mol. The molecule has 2 aromatic heterocycles. The molecule has 268 valence electrons. The molecule has 0 spiro atoms. The highest BCUT2D eigenvalue weighted by molar-refractivity contribution is 6.14. The second-order valence-corrected chi connectivity index (χ2v) is 14.3. The summed E-state index contributed by atoms with van der Waals surface area (Å²) in [5, 5.41) is 9.28. The maximum atomic E-state index is 6.17. The second-order valence-electron chi connectivity index (χ2n) is 14.3. The highest BCUT2D eigenvalue weighted by Gasteiger charge is 2.20. The average Bonchev–Trinajstić information content (AvgIpc) is 3.66. The van der Waals surface area contributed by atoms with Gasteiger partial charge in [-0.2, -0.15) is 0 Å². The third-order valence-electron chi connectivity index (χ3n) is 11.0. The van der Waals surface area contributed by atoms with Gasteiger partial charge in [0.2, 0.25) is 0 Å². The SMILES string of the molecule is COc1cccc(-c2nc(-c3ccc4ccccc4c3)nc(-c3ccc4oc5ccccc5c4c3)n2)c1-c1ccc(-c2cc3ccccc3c3ccccc23)cc1. The van der Waals surface area contributed by atoms with Crippen molar-refractivity contribution in [2.45, 2.75) is 0 Å². The molecule has 0 unspecified atom stereocenters. The molecule has 11 aromatic rings. The Morgan fingerprint density at radius 2 is 0.965 bits per heavy atom. The molecule has 0 amide bonds. The van der Waals surface area contributed by atoms with Crippen LogP contribution in [0.1, 0.15) is 0 Å². The highest BCUT2D eigenvalue weighted by Crippen LogP contribution is 2.42. The van der Waals surface area contributed by atoms with Crippen LogP contribution in [0.15, 0.2) is 186 Å². The molecule has 0 atom stereocenters. The Balaban J connectivity index is 1.09. The minimum absolute atomic E-state index is 0.554. The molecule has 0 N–H and O–H groups in total. The van der Waals surface area contributed by atoms with Crippen molar-refractivity contribution in [3.63, 3.8) is 0 Å². The van der Waals surface area contributed by atoms with Crippen molar-refractivity contribution >= 4 is 54.3 Å². The van der Waals surface area contributed by atoms with Crippen LogP contribution in [0, 0.1) is 0 Å². The zero-order valence-electron chi connectivity index (χ0n) is 31.0. The van der Waals surface area contributed by atoms with Gasteiger partial charge in [0.1, 0.15) is 16.9 Å². The Morgan fingerprint density at radius 1 is 0.368 bits per heavy atom. The molecule has 11 rings (SSSR count). The Morgan fingerprint density at radius 3 is 1.77 bits per heavy atom. The Bertz CT molecular complexity index is 3350. The van der Waals surface area contributed by atoms with Crippen molar-refractivity contribution in [3.05, 3.63) is 182 Å². The quantitative estimate of drug-likeness (QED) is 0.159. The molecule has 0 radical (unpaired) electrons. The summed E-state index contributed by atoms with van der Waals surface area (Å²) in [5.41, 5.74) is 8.53. The number of benzene rings is 9. The van der Waals surface area contributed by atoms with Crippen molar-refractivity contribution in [1.82, 2.24) is 15.0 Å². The van der Waals surface area contributed by atoms with Gasteiger partial charge in [0.05, 0.1) is 7.11 Å². The van der Waals surface area contributed by atoms with E-state index in [0.717, 1.165) is 71.8 Å². The van der Waals surface area contributed by atoms with Gasteiger partial charge in [0.25, 0.3) is 0 Å². The van der Waals surface area contributed by atoms with E-state index in [-0.39, 0.29) is 0 Å². The average molecular weight is 732 g/mol. The van der Waals surface area contributed by atoms with Gasteiger partial charge >= 0.3 is 0 Å². The summed E-state index contributed by atoms with van der Waals surface area (Å²) in [6.45, 7) is 0. The maximum Gasteiger partial charge on any atom is 0.164 e. The summed E-state index contributed by atoms with van der Waals surface area (Å²) in [7, 11) is 1.71. The standard InChI is InChI=1S/C52H33N3O2/c1-56-48-20-10-18-43(49(48)34-24-22-33(23-25-34)44-30-36-13-4-5-14-39(36)40-15-6-7-16-41(40)44)52-54-50(37-26-21-32-11-2-3-12-35(32)29-37)53-51(55-52)38-27-28-47-45(31-38)42-17-8-9-19-46(42)57-47/h2-31H,1H3. The van der Waals surface area contributed by atoms with Gasteiger partial charge in [-0.1, -0.05) is 140 Å². The molecule has 57 heavy (non-hydrogen) atoms. The van der Waals surface area contributed by atoms with Gasteiger partial charge in [-0.25, -0.2) is 15.0 Å². The third-order valence-corrected chi connectivity index (χ3v) is 11.0. The number of furan rings is 1. The fourth-order valence-corrected chi connectivity index (χ4v) is 8.24. The van der Waals surface area contributed by atoms with E-state index in [1.807, 2.05) is 42.5 Å². The number of aromatic nitrogens is 3. The molecule has 0 fully saturated rings. The number of nitrogens with zero attached hydrogens (tertiary/aromatic N) is 3. The number of para-hydroxylation sites is 1. The van der Waals surface area contributed by atoms with E-state index in [4.69, 9.17) is 24.1 Å². The topological polar surface area (TPSA) is 61.0 Å². The molecule has 5 heteroatoms. The Hall–Kier alpha value is -7.63. The first-order valence-electron chi connectivity index (χ1n) is 19.0. The minimum Gasteiger partial charge on any atom is -0.496 e. The monoisotopic (exact) mass is 731 g/mol. The van der Waals surface area contributed by atoms with Crippen LogP contribution in [0.2, 0.25) is 0 Å². The van der Waals surface area contributed by atoms with Gasteiger partial charge < -0.3 is 9.15 Å². The molecule has 0 aliphatic heterocycles. The van der Waals surface area contributed by atoms with E-state index in [1.165, 1.54) is 27.1 Å². The number of hydrogen-bond donors (Lipinski definition) is 0. The summed E-state index contributed by atoms with van der Waals surface area (Å²) in [5.74, 6) is 2.45. The van der Waals surface area contributed by atoms with Crippen LogP contribution in [-0.4, -0.2) is 22.1 Å². The van der Waals surface area contributed by atoms with E-state index < -0.39 is 0 Å². The van der Waals surface area contributed by atoms with E-state index in [9.17, 15) is 0 Å². The highest BCUT2D eigenvalue weighted by atomic mass is 16.5. The van der Waals surface area contributed by atoms with E-state index in [0.29, 0.717) is 17.5 Å². The molecular formula is C52H33N3O2. The predicted octanol–water partition coefficient (Wildman–Crippen LogP) is 13.6. The summed E-state index contributed by atoms with van der Waals surface area (Å²) < 4.78 is 12.2. The summed E-state index contributed by atoms with van der Waals surface area (Å²) >= 11 is 0. The van der Waals surface area contributed by atoms with Crippen LogP contribution < -0.4 is 4.74 Å². The largest absolute Gasteiger partial charge is 0.496 e. The van der Waals surface area contributed by atoms with Crippen molar-refractivity contribution < 1.29 is 9.15 Å². The van der Waals surface area contributed by atoms with Crippen molar-refractivity contribution in [2.24, 2.45) is 0 Å². The fraction of sp³-hybridized carbons (Fsp3) is 0.0192. The molecule has 0 aliphatic rings. The molecule has 0 bridgehead atoms. The van der Waals surface area contributed by atoms with Crippen LogP contribution >= 0.6 is 0 Å². The lowest BCUT2D eigenvalue weighted by Gasteiger charge is -2.16. The number of ether oxygens (including phenoxy) is 1. The maximum absolute atomic E-state index is 6.17. The van der Waals surface area contributed by atoms with Crippen LogP contribution in [0.3, 0.4) is 0 Å². The Kier molecular flexibility index (Phi) is 7.64. The molecule has 9 aromatic carbocycles. The molecule has 0 saturated carbocycles. The summed E-state index contributed by atoms with van der Waals surface area (Å²) in [6, 6.07) is 63.3. The molecule has 5 nitrogen and oxygen atoms in total.